The lowest BCUT2D eigenvalue weighted by molar-refractivity contribution is 0.276. The molecule has 1 nitrogen and oxygen atoms in total. The minimum Gasteiger partial charge on any atom is -0.392 e. The summed E-state index contributed by atoms with van der Waals surface area (Å²) in [6.45, 7) is -0.331. The van der Waals surface area contributed by atoms with E-state index in [0.717, 1.165) is 0 Å². The van der Waals surface area contributed by atoms with Crippen LogP contribution in [0, 0.1) is 5.82 Å². The van der Waals surface area contributed by atoms with Crippen LogP contribution in [0.15, 0.2) is 36.4 Å². The molecule has 0 unspecified atom stereocenters. The van der Waals surface area contributed by atoms with Crippen LogP contribution in [0.5, 0.6) is 0 Å². The van der Waals surface area contributed by atoms with E-state index in [1.807, 2.05) is 0 Å². The normalized spacial score (nSPS) is 10.6. The summed E-state index contributed by atoms with van der Waals surface area (Å²) < 4.78 is 13.6. The molecule has 0 saturated carbocycles. The molecule has 0 aliphatic heterocycles. The second-order valence-corrected chi connectivity index (χ2v) is 4.38. The maximum Gasteiger partial charge on any atom is 0.129 e. The predicted octanol–water partition coefficient (Wildman–Crippen LogP) is 4.29. The molecule has 4 heteroatoms. The number of rotatable bonds is 2. The summed E-state index contributed by atoms with van der Waals surface area (Å²) in [6.07, 6.45) is 0. The molecule has 0 spiro atoms. The Kier molecular flexibility index (Phi) is 3.67. The van der Waals surface area contributed by atoms with Crippen LogP contribution in [-0.2, 0) is 6.61 Å². The number of aliphatic hydroxyl groups is 1. The Bertz CT molecular complexity index is 535. The van der Waals surface area contributed by atoms with Gasteiger partial charge in [0.25, 0.3) is 0 Å². The third-order valence-electron chi connectivity index (χ3n) is 2.47. The Morgan fingerprint density at radius 2 is 1.71 bits per heavy atom. The lowest BCUT2D eigenvalue weighted by Gasteiger charge is -2.08. The largest absolute Gasteiger partial charge is 0.392 e. The van der Waals surface area contributed by atoms with Crippen molar-refractivity contribution >= 4 is 23.2 Å². The lowest BCUT2D eigenvalue weighted by Crippen LogP contribution is -1.91. The molecule has 0 amide bonds. The van der Waals surface area contributed by atoms with Crippen LogP contribution in [0.1, 0.15) is 5.56 Å². The first-order valence-electron chi connectivity index (χ1n) is 4.97. The summed E-state index contributed by atoms with van der Waals surface area (Å²) in [5.74, 6) is -0.471. The van der Waals surface area contributed by atoms with E-state index in [0.29, 0.717) is 21.2 Å². The zero-order valence-corrected chi connectivity index (χ0v) is 10.3. The minimum absolute atomic E-state index is 0.247. The van der Waals surface area contributed by atoms with Crippen molar-refractivity contribution in [3.8, 4) is 11.1 Å². The number of hydrogen-bond acceptors (Lipinski definition) is 1. The maximum atomic E-state index is 13.6. The molecule has 0 heterocycles. The van der Waals surface area contributed by atoms with Gasteiger partial charge in [0.15, 0.2) is 0 Å². The average molecular weight is 271 g/mol. The first-order chi connectivity index (χ1) is 8.13. The van der Waals surface area contributed by atoms with Crippen molar-refractivity contribution in [1.29, 1.82) is 0 Å². The van der Waals surface area contributed by atoms with Gasteiger partial charge in [0.05, 0.1) is 6.61 Å². The number of halogens is 3. The van der Waals surface area contributed by atoms with Crippen molar-refractivity contribution in [2.75, 3.05) is 0 Å². The summed E-state index contributed by atoms with van der Waals surface area (Å²) in [5.41, 5.74) is 1.44. The molecule has 0 fully saturated rings. The van der Waals surface area contributed by atoms with Crippen molar-refractivity contribution in [3.63, 3.8) is 0 Å². The minimum atomic E-state index is -0.471. The third kappa shape index (κ3) is 2.44. The van der Waals surface area contributed by atoms with E-state index in [2.05, 4.69) is 0 Å². The fourth-order valence-corrected chi connectivity index (χ4v) is 2.22. The van der Waals surface area contributed by atoms with Gasteiger partial charge in [-0.1, -0.05) is 41.4 Å². The topological polar surface area (TPSA) is 20.2 Å². The van der Waals surface area contributed by atoms with Crippen molar-refractivity contribution in [1.82, 2.24) is 0 Å². The number of benzene rings is 2. The Balaban J connectivity index is 2.57. The molecule has 88 valence electrons. The van der Waals surface area contributed by atoms with Gasteiger partial charge in [-0.05, 0) is 23.8 Å². The van der Waals surface area contributed by atoms with Crippen molar-refractivity contribution < 1.29 is 9.50 Å². The van der Waals surface area contributed by atoms with Gasteiger partial charge < -0.3 is 5.11 Å². The zero-order chi connectivity index (χ0) is 12.4. The highest BCUT2D eigenvalue weighted by atomic mass is 35.5. The van der Waals surface area contributed by atoms with Crippen LogP contribution in [0.25, 0.3) is 11.1 Å². The molecule has 2 rings (SSSR count). The molecular formula is C13H9Cl2FO. The summed E-state index contributed by atoms with van der Waals surface area (Å²) in [7, 11) is 0. The monoisotopic (exact) mass is 270 g/mol. The molecule has 2 aromatic rings. The molecule has 0 radical (unpaired) electrons. The van der Waals surface area contributed by atoms with E-state index in [4.69, 9.17) is 28.3 Å². The van der Waals surface area contributed by atoms with Gasteiger partial charge >= 0.3 is 0 Å². The Labute approximate surface area is 108 Å². The van der Waals surface area contributed by atoms with Gasteiger partial charge in [0, 0.05) is 21.2 Å². The van der Waals surface area contributed by atoms with E-state index in [1.54, 1.807) is 24.3 Å². The molecule has 0 aromatic heterocycles. The highest BCUT2D eigenvalue weighted by Crippen LogP contribution is 2.35. The summed E-state index contributed by atoms with van der Waals surface area (Å²) >= 11 is 12.1. The first-order valence-corrected chi connectivity index (χ1v) is 5.72. The average Bonchev–Trinajstić information content (AvgIpc) is 2.29. The smallest absolute Gasteiger partial charge is 0.129 e. The second-order valence-electron chi connectivity index (χ2n) is 3.56. The Morgan fingerprint density at radius 1 is 1.06 bits per heavy atom. The van der Waals surface area contributed by atoms with Crippen LogP contribution in [0.3, 0.4) is 0 Å². The van der Waals surface area contributed by atoms with Gasteiger partial charge in [0.1, 0.15) is 5.82 Å². The molecule has 1 N–H and O–H groups in total. The van der Waals surface area contributed by atoms with E-state index < -0.39 is 5.82 Å². The van der Waals surface area contributed by atoms with Gasteiger partial charge in [-0.3, -0.25) is 0 Å². The van der Waals surface area contributed by atoms with E-state index in [1.165, 1.54) is 12.1 Å². The van der Waals surface area contributed by atoms with Crippen molar-refractivity contribution in [2.45, 2.75) is 6.61 Å². The van der Waals surface area contributed by atoms with Gasteiger partial charge in [-0.15, -0.1) is 0 Å². The fraction of sp³-hybridized carbons (Fsp3) is 0.0769. The molecule has 17 heavy (non-hydrogen) atoms. The van der Waals surface area contributed by atoms with Crippen molar-refractivity contribution in [3.05, 3.63) is 57.8 Å². The molecular weight excluding hydrogens is 262 g/mol. The SMILES string of the molecule is OCc1ccc(-c2c(Cl)cccc2Cl)cc1F. The predicted molar refractivity (Wildman–Crippen MR) is 67.8 cm³/mol. The van der Waals surface area contributed by atoms with Crippen LogP contribution in [-0.4, -0.2) is 5.11 Å². The third-order valence-corrected chi connectivity index (χ3v) is 3.10. The van der Waals surface area contributed by atoms with E-state index in [9.17, 15) is 4.39 Å². The Hall–Kier alpha value is -1.09. The van der Waals surface area contributed by atoms with E-state index in [-0.39, 0.29) is 12.2 Å². The van der Waals surface area contributed by atoms with Crippen LogP contribution in [0.4, 0.5) is 4.39 Å². The van der Waals surface area contributed by atoms with Crippen molar-refractivity contribution in [2.24, 2.45) is 0 Å². The lowest BCUT2D eigenvalue weighted by atomic mass is 10.0. The quantitative estimate of drug-likeness (QED) is 0.863. The summed E-state index contributed by atoms with van der Waals surface area (Å²) in [6, 6.07) is 9.64. The second kappa shape index (κ2) is 5.05. The van der Waals surface area contributed by atoms with Crippen LogP contribution < -0.4 is 0 Å². The van der Waals surface area contributed by atoms with E-state index >= 15 is 0 Å². The molecule has 0 saturated heterocycles. The summed E-state index contributed by atoms with van der Waals surface area (Å²) in [5, 5.41) is 9.83. The molecule has 2 aromatic carbocycles. The van der Waals surface area contributed by atoms with Crippen LogP contribution >= 0.6 is 23.2 Å². The highest BCUT2D eigenvalue weighted by molar-refractivity contribution is 6.39. The number of hydrogen-bond donors (Lipinski definition) is 1. The zero-order valence-electron chi connectivity index (χ0n) is 8.75. The van der Waals surface area contributed by atoms with Gasteiger partial charge in [-0.2, -0.15) is 0 Å². The Morgan fingerprint density at radius 3 is 2.24 bits per heavy atom. The number of aliphatic hydroxyl groups excluding tert-OH is 1. The molecule has 0 atom stereocenters. The fourth-order valence-electron chi connectivity index (χ4n) is 1.60. The van der Waals surface area contributed by atoms with Gasteiger partial charge in [0.2, 0.25) is 0 Å². The highest BCUT2D eigenvalue weighted by Gasteiger charge is 2.10. The first kappa shape index (κ1) is 12.4. The standard InChI is InChI=1S/C13H9Cl2FO/c14-10-2-1-3-11(15)13(10)8-4-5-9(7-17)12(16)6-8/h1-6,17H,7H2. The molecule has 0 aliphatic rings. The molecule has 0 bridgehead atoms. The maximum absolute atomic E-state index is 13.6. The summed E-state index contributed by atoms with van der Waals surface area (Å²) in [4.78, 5) is 0. The van der Waals surface area contributed by atoms with Gasteiger partial charge in [-0.25, -0.2) is 4.39 Å². The van der Waals surface area contributed by atoms with Crippen LogP contribution in [0.2, 0.25) is 10.0 Å². The molecule has 0 aliphatic carbocycles.